The zero-order valence-corrected chi connectivity index (χ0v) is 14.9. The van der Waals surface area contributed by atoms with Crippen LogP contribution in [0.5, 0.6) is 0 Å². The molecule has 1 heterocycles. The fourth-order valence-corrected chi connectivity index (χ4v) is 3.27. The number of ketones is 1. The first-order valence-corrected chi connectivity index (χ1v) is 8.98. The molecule has 0 aliphatic carbocycles. The molecule has 1 saturated heterocycles. The molecule has 1 aliphatic rings. The lowest BCUT2D eigenvalue weighted by Gasteiger charge is -2.29. The van der Waals surface area contributed by atoms with Gasteiger partial charge in [-0.05, 0) is 38.1 Å². The van der Waals surface area contributed by atoms with Crippen molar-refractivity contribution in [3.8, 4) is 0 Å². The van der Waals surface area contributed by atoms with Gasteiger partial charge in [0, 0.05) is 11.1 Å². The van der Waals surface area contributed by atoms with Crippen LogP contribution in [0.3, 0.4) is 0 Å². The predicted molar refractivity (Wildman–Crippen MR) is 102 cm³/mol. The van der Waals surface area contributed by atoms with E-state index >= 15 is 0 Å². The van der Waals surface area contributed by atoms with Crippen LogP contribution in [0.4, 0.5) is 5.69 Å². The lowest BCUT2D eigenvalue weighted by molar-refractivity contribution is -0.143. The first-order valence-electron chi connectivity index (χ1n) is 8.98. The number of piperidine rings is 1. The van der Waals surface area contributed by atoms with Crippen LogP contribution in [0.1, 0.15) is 28.8 Å². The largest absolute Gasteiger partial charge is 0.481 e. The second-order valence-corrected chi connectivity index (χ2v) is 6.68. The molecule has 0 aromatic heterocycles. The van der Waals surface area contributed by atoms with Crippen LogP contribution in [0, 0.1) is 5.92 Å². The summed E-state index contributed by atoms with van der Waals surface area (Å²) in [5.41, 5.74) is 1.49. The fourth-order valence-electron chi connectivity index (χ4n) is 3.27. The standard InChI is InChI=1S/C21H22N2O4/c24-19(14-23-12-10-16(11-13-23)21(26)27)22-18-9-5-4-8-17(18)20(25)15-6-2-1-3-7-15/h1-9,16H,10-14H2,(H,22,24)(H,26,27). The van der Waals surface area contributed by atoms with Gasteiger partial charge in [0.25, 0.3) is 0 Å². The minimum Gasteiger partial charge on any atom is -0.481 e. The number of carbonyl (C=O) groups excluding carboxylic acids is 2. The molecule has 27 heavy (non-hydrogen) atoms. The van der Waals surface area contributed by atoms with Gasteiger partial charge in [0.05, 0.1) is 18.2 Å². The number of nitrogens with zero attached hydrogens (tertiary/aromatic N) is 1. The number of nitrogens with one attached hydrogen (secondary N) is 1. The summed E-state index contributed by atoms with van der Waals surface area (Å²) in [5.74, 6) is -1.45. The Morgan fingerprint density at radius 1 is 0.963 bits per heavy atom. The summed E-state index contributed by atoms with van der Waals surface area (Å²) in [6.45, 7) is 1.34. The van der Waals surface area contributed by atoms with Gasteiger partial charge in [0.1, 0.15) is 0 Å². The van der Waals surface area contributed by atoms with Gasteiger partial charge in [-0.1, -0.05) is 42.5 Å². The Bertz CT molecular complexity index is 827. The van der Waals surface area contributed by atoms with E-state index in [-0.39, 0.29) is 24.2 Å². The van der Waals surface area contributed by atoms with Gasteiger partial charge >= 0.3 is 5.97 Å². The van der Waals surface area contributed by atoms with Gasteiger partial charge in [-0.15, -0.1) is 0 Å². The van der Waals surface area contributed by atoms with Gasteiger partial charge in [0.2, 0.25) is 5.91 Å². The molecule has 0 atom stereocenters. The second kappa shape index (κ2) is 8.60. The third-order valence-electron chi connectivity index (χ3n) is 4.79. The smallest absolute Gasteiger partial charge is 0.306 e. The van der Waals surface area contributed by atoms with Crippen LogP contribution in [-0.4, -0.2) is 47.3 Å². The van der Waals surface area contributed by atoms with E-state index < -0.39 is 5.97 Å². The van der Waals surface area contributed by atoms with E-state index in [1.54, 1.807) is 48.5 Å². The Hall–Kier alpha value is -2.99. The molecule has 0 spiro atoms. The molecule has 2 N–H and O–H groups in total. The maximum atomic E-state index is 12.7. The van der Waals surface area contributed by atoms with Crippen LogP contribution in [0.25, 0.3) is 0 Å². The van der Waals surface area contributed by atoms with E-state index in [1.807, 2.05) is 11.0 Å². The zero-order chi connectivity index (χ0) is 19.2. The minimum absolute atomic E-state index is 0.145. The zero-order valence-electron chi connectivity index (χ0n) is 14.9. The lowest BCUT2D eigenvalue weighted by atomic mass is 9.97. The van der Waals surface area contributed by atoms with E-state index in [0.29, 0.717) is 42.7 Å². The summed E-state index contributed by atoms with van der Waals surface area (Å²) >= 11 is 0. The Balaban J connectivity index is 1.64. The highest BCUT2D eigenvalue weighted by Gasteiger charge is 2.25. The van der Waals surface area contributed by atoms with Gasteiger partial charge in [-0.25, -0.2) is 0 Å². The number of para-hydroxylation sites is 1. The Morgan fingerprint density at radius 2 is 1.59 bits per heavy atom. The molecule has 1 fully saturated rings. The van der Waals surface area contributed by atoms with Crippen LogP contribution in [-0.2, 0) is 9.59 Å². The van der Waals surface area contributed by atoms with Crippen LogP contribution < -0.4 is 5.32 Å². The van der Waals surface area contributed by atoms with Crippen molar-refractivity contribution in [2.45, 2.75) is 12.8 Å². The molecule has 1 amide bonds. The first kappa shape index (κ1) is 18.8. The summed E-state index contributed by atoms with van der Waals surface area (Å²) < 4.78 is 0. The topological polar surface area (TPSA) is 86.7 Å². The summed E-state index contributed by atoms with van der Waals surface area (Å²) in [5, 5.41) is 11.9. The number of likely N-dealkylation sites (tertiary alicyclic amines) is 1. The number of amides is 1. The maximum Gasteiger partial charge on any atom is 0.306 e. The van der Waals surface area contributed by atoms with Crippen molar-refractivity contribution in [1.29, 1.82) is 0 Å². The van der Waals surface area contributed by atoms with Crippen molar-refractivity contribution in [2.75, 3.05) is 25.0 Å². The third kappa shape index (κ3) is 4.80. The number of benzene rings is 2. The van der Waals surface area contributed by atoms with Gasteiger partial charge in [-0.2, -0.15) is 0 Å². The third-order valence-corrected chi connectivity index (χ3v) is 4.79. The predicted octanol–water partition coefficient (Wildman–Crippen LogP) is 2.65. The van der Waals surface area contributed by atoms with Crippen molar-refractivity contribution in [3.05, 3.63) is 65.7 Å². The fraction of sp³-hybridized carbons (Fsp3) is 0.286. The minimum atomic E-state index is -0.771. The molecule has 6 heteroatoms. The second-order valence-electron chi connectivity index (χ2n) is 6.68. The molecule has 3 rings (SSSR count). The molecule has 0 bridgehead atoms. The van der Waals surface area contributed by atoms with Crippen molar-refractivity contribution in [2.24, 2.45) is 5.92 Å². The highest BCUT2D eigenvalue weighted by molar-refractivity contribution is 6.13. The van der Waals surface area contributed by atoms with E-state index in [9.17, 15) is 14.4 Å². The summed E-state index contributed by atoms with van der Waals surface area (Å²) in [7, 11) is 0. The van der Waals surface area contributed by atoms with Gasteiger partial charge < -0.3 is 10.4 Å². The molecule has 2 aromatic rings. The van der Waals surface area contributed by atoms with E-state index in [1.165, 1.54) is 0 Å². The molecule has 140 valence electrons. The highest BCUT2D eigenvalue weighted by atomic mass is 16.4. The van der Waals surface area contributed by atoms with E-state index in [2.05, 4.69) is 5.32 Å². The lowest BCUT2D eigenvalue weighted by Crippen LogP contribution is -2.40. The monoisotopic (exact) mass is 366 g/mol. The number of carboxylic acid groups (broad SMARTS) is 1. The molecular formula is C21H22N2O4. The SMILES string of the molecule is O=C(CN1CCC(C(=O)O)CC1)Nc1ccccc1C(=O)c1ccccc1. The van der Waals surface area contributed by atoms with Crippen molar-refractivity contribution in [3.63, 3.8) is 0 Å². The summed E-state index contributed by atoms with van der Waals surface area (Å²) in [6, 6.07) is 15.9. The molecule has 1 aliphatic heterocycles. The molecule has 0 unspecified atom stereocenters. The number of carbonyl (C=O) groups is 3. The van der Waals surface area contributed by atoms with Crippen molar-refractivity contribution < 1.29 is 19.5 Å². The first-order chi connectivity index (χ1) is 13.0. The Labute approximate surface area is 157 Å². The maximum absolute atomic E-state index is 12.7. The molecule has 0 saturated carbocycles. The number of hydrogen-bond acceptors (Lipinski definition) is 4. The number of rotatable bonds is 6. The summed E-state index contributed by atoms with van der Waals surface area (Å²) in [6.07, 6.45) is 1.09. The average molecular weight is 366 g/mol. The van der Waals surface area contributed by atoms with Crippen LogP contribution in [0.15, 0.2) is 54.6 Å². The highest BCUT2D eigenvalue weighted by Crippen LogP contribution is 2.20. The van der Waals surface area contributed by atoms with Gasteiger partial charge in [0.15, 0.2) is 5.78 Å². The molecular weight excluding hydrogens is 344 g/mol. The number of hydrogen-bond donors (Lipinski definition) is 2. The molecule has 2 aromatic carbocycles. The number of carboxylic acids is 1. The average Bonchev–Trinajstić information content (AvgIpc) is 2.69. The van der Waals surface area contributed by atoms with Crippen LogP contribution in [0.2, 0.25) is 0 Å². The summed E-state index contributed by atoms with van der Waals surface area (Å²) in [4.78, 5) is 38.1. The molecule has 6 nitrogen and oxygen atoms in total. The van der Waals surface area contributed by atoms with E-state index in [0.717, 1.165) is 0 Å². The van der Waals surface area contributed by atoms with Crippen molar-refractivity contribution in [1.82, 2.24) is 4.90 Å². The van der Waals surface area contributed by atoms with Crippen LogP contribution >= 0.6 is 0 Å². The number of aliphatic carboxylic acids is 1. The van der Waals surface area contributed by atoms with Crippen molar-refractivity contribution >= 4 is 23.3 Å². The Morgan fingerprint density at radius 3 is 2.26 bits per heavy atom. The van der Waals surface area contributed by atoms with Gasteiger partial charge in [-0.3, -0.25) is 19.3 Å². The quantitative estimate of drug-likeness (QED) is 0.768. The molecule has 0 radical (unpaired) electrons. The number of anilines is 1. The Kier molecular flexibility index (Phi) is 5.98. The normalized spacial score (nSPS) is 15.3. The van der Waals surface area contributed by atoms with E-state index in [4.69, 9.17) is 5.11 Å².